The van der Waals surface area contributed by atoms with E-state index in [1.807, 2.05) is 4.90 Å². The van der Waals surface area contributed by atoms with Crippen molar-refractivity contribution in [1.82, 2.24) is 19.7 Å². The van der Waals surface area contributed by atoms with Gasteiger partial charge in [-0.05, 0) is 51.3 Å². The first-order chi connectivity index (χ1) is 14.2. The van der Waals surface area contributed by atoms with Crippen molar-refractivity contribution in [2.75, 3.05) is 11.1 Å². The SMILES string of the molecule is C[C@@H]1CCC[C@H](C)N1C(=O)CSc1nnc(CNc2cccc(C(F)(F)F)c2)n1C. The number of thioether (sulfide) groups is 1. The van der Waals surface area contributed by atoms with Crippen molar-refractivity contribution in [2.45, 2.75) is 63.1 Å². The molecule has 3 rings (SSSR count). The molecule has 1 aromatic carbocycles. The number of aromatic nitrogens is 3. The number of anilines is 1. The molecule has 2 aromatic rings. The van der Waals surface area contributed by atoms with E-state index < -0.39 is 11.7 Å². The Kier molecular flexibility index (Phi) is 6.95. The summed E-state index contributed by atoms with van der Waals surface area (Å²) in [4.78, 5) is 14.6. The number of likely N-dealkylation sites (tertiary alicyclic amines) is 1. The van der Waals surface area contributed by atoms with Gasteiger partial charge in [0.25, 0.3) is 0 Å². The van der Waals surface area contributed by atoms with Crippen LogP contribution in [0.4, 0.5) is 18.9 Å². The molecule has 1 saturated heterocycles. The molecule has 1 fully saturated rings. The number of amides is 1. The van der Waals surface area contributed by atoms with Crippen molar-refractivity contribution in [2.24, 2.45) is 7.05 Å². The van der Waals surface area contributed by atoms with Crippen LogP contribution in [0, 0.1) is 0 Å². The molecule has 1 amide bonds. The summed E-state index contributed by atoms with van der Waals surface area (Å²) in [6.07, 6.45) is -1.20. The zero-order valence-electron chi connectivity index (χ0n) is 17.2. The Bertz CT molecular complexity index is 876. The van der Waals surface area contributed by atoms with Gasteiger partial charge in [-0.3, -0.25) is 4.79 Å². The largest absolute Gasteiger partial charge is 0.416 e. The van der Waals surface area contributed by atoms with Gasteiger partial charge in [0.05, 0.1) is 17.9 Å². The van der Waals surface area contributed by atoms with Crippen LogP contribution in [0.5, 0.6) is 0 Å². The van der Waals surface area contributed by atoms with Crippen molar-refractivity contribution in [3.8, 4) is 0 Å². The summed E-state index contributed by atoms with van der Waals surface area (Å²) in [5.74, 6) is 0.940. The molecule has 0 aliphatic carbocycles. The number of carbonyl (C=O) groups excluding carboxylic acids is 1. The van der Waals surface area contributed by atoms with Crippen molar-refractivity contribution < 1.29 is 18.0 Å². The first kappa shape index (κ1) is 22.5. The Hall–Kier alpha value is -2.23. The summed E-state index contributed by atoms with van der Waals surface area (Å²) >= 11 is 1.32. The molecular formula is C20H26F3N5OS. The van der Waals surface area contributed by atoms with Gasteiger partial charge < -0.3 is 14.8 Å². The summed E-state index contributed by atoms with van der Waals surface area (Å²) in [7, 11) is 1.78. The number of nitrogens with one attached hydrogen (secondary N) is 1. The highest BCUT2D eigenvalue weighted by atomic mass is 32.2. The van der Waals surface area contributed by atoms with Crippen LogP contribution < -0.4 is 5.32 Å². The molecule has 164 valence electrons. The fourth-order valence-electron chi connectivity index (χ4n) is 3.73. The molecule has 0 saturated carbocycles. The van der Waals surface area contributed by atoms with Gasteiger partial charge in [0.1, 0.15) is 0 Å². The number of nitrogens with zero attached hydrogens (tertiary/aromatic N) is 4. The average Bonchev–Trinajstić information content (AvgIpc) is 3.04. The van der Waals surface area contributed by atoms with Crippen LogP contribution in [-0.2, 0) is 24.6 Å². The number of hydrogen-bond donors (Lipinski definition) is 1. The number of alkyl halides is 3. The molecule has 2 atom stereocenters. The van der Waals surface area contributed by atoms with Crippen LogP contribution >= 0.6 is 11.8 Å². The van der Waals surface area contributed by atoms with Crippen LogP contribution in [0.1, 0.15) is 44.5 Å². The van der Waals surface area contributed by atoms with E-state index in [0.29, 0.717) is 16.7 Å². The number of piperidine rings is 1. The van der Waals surface area contributed by atoms with E-state index in [-0.39, 0.29) is 30.3 Å². The van der Waals surface area contributed by atoms with E-state index in [4.69, 9.17) is 0 Å². The second kappa shape index (κ2) is 9.28. The lowest BCUT2D eigenvalue weighted by atomic mass is 9.98. The van der Waals surface area contributed by atoms with E-state index in [2.05, 4.69) is 29.4 Å². The van der Waals surface area contributed by atoms with Crippen LogP contribution in [0.2, 0.25) is 0 Å². The molecule has 2 heterocycles. The molecule has 0 spiro atoms. The van der Waals surface area contributed by atoms with E-state index in [1.54, 1.807) is 17.7 Å². The van der Waals surface area contributed by atoms with Crippen LogP contribution in [0.15, 0.2) is 29.4 Å². The molecular weight excluding hydrogens is 415 g/mol. The second-order valence-corrected chi connectivity index (χ2v) is 8.55. The average molecular weight is 442 g/mol. The summed E-state index contributed by atoms with van der Waals surface area (Å²) in [5.41, 5.74) is -0.355. The molecule has 6 nitrogen and oxygen atoms in total. The minimum Gasteiger partial charge on any atom is -0.378 e. The van der Waals surface area contributed by atoms with Gasteiger partial charge >= 0.3 is 6.18 Å². The monoisotopic (exact) mass is 441 g/mol. The second-order valence-electron chi connectivity index (χ2n) is 7.61. The number of rotatable bonds is 6. The molecule has 1 aromatic heterocycles. The number of benzene rings is 1. The van der Waals surface area contributed by atoms with Crippen molar-refractivity contribution in [3.63, 3.8) is 0 Å². The van der Waals surface area contributed by atoms with E-state index in [0.717, 1.165) is 31.4 Å². The summed E-state index contributed by atoms with van der Waals surface area (Å²) in [6.45, 7) is 4.38. The Morgan fingerprint density at radius 2 is 1.93 bits per heavy atom. The van der Waals surface area contributed by atoms with Crippen LogP contribution in [-0.4, -0.2) is 43.4 Å². The van der Waals surface area contributed by atoms with Crippen molar-refractivity contribution in [1.29, 1.82) is 0 Å². The van der Waals surface area contributed by atoms with Crippen LogP contribution in [0.25, 0.3) is 0 Å². The predicted octanol–water partition coefficient (Wildman–Crippen LogP) is 4.33. The summed E-state index contributed by atoms with van der Waals surface area (Å²) in [6, 6.07) is 5.51. The summed E-state index contributed by atoms with van der Waals surface area (Å²) in [5, 5.41) is 11.8. The molecule has 1 aliphatic heterocycles. The highest BCUT2D eigenvalue weighted by molar-refractivity contribution is 7.99. The van der Waals surface area contributed by atoms with Gasteiger partial charge in [-0.25, -0.2) is 0 Å². The molecule has 0 unspecified atom stereocenters. The zero-order chi connectivity index (χ0) is 21.9. The molecule has 0 bridgehead atoms. The minimum atomic E-state index is -4.39. The fourth-order valence-corrected chi connectivity index (χ4v) is 4.52. The third-order valence-electron chi connectivity index (χ3n) is 5.37. The van der Waals surface area contributed by atoms with E-state index in [1.165, 1.54) is 17.8 Å². The van der Waals surface area contributed by atoms with Gasteiger partial charge in [-0.15, -0.1) is 10.2 Å². The zero-order valence-corrected chi connectivity index (χ0v) is 18.1. The molecule has 30 heavy (non-hydrogen) atoms. The maximum absolute atomic E-state index is 12.8. The standard InChI is InChI=1S/C20H26F3N5OS/c1-13-6-4-7-14(2)28(13)18(29)12-30-19-26-25-17(27(19)3)11-24-16-9-5-8-15(10-16)20(21,22)23/h5,8-10,13-14,24H,4,6-7,11-12H2,1-3H3/t13-,14+. The number of carbonyl (C=O) groups is 1. The van der Waals surface area contributed by atoms with Gasteiger partial charge in [-0.1, -0.05) is 17.8 Å². The lowest BCUT2D eigenvalue weighted by molar-refractivity contribution is -0.137. The highest BCUT2D eigenvalue weighted by Gasteiger charge is 2.30. The number of halogens is 3. The normalized spacial score (nSPS) is 19.7. The van der Waals surface area contributed by atoms with Gasteiger partial charge in [0.2, 0.25) is 5.91 Å². The molecule has 0 radical (unpaired) electrons. The van der Waals surface area contributed by atoms with Crippen molar-refractivity contribution >= 4 is 23.4 Å². The Morgan fingerprint density at radius 1 is 1.23 bits per heavy atom. The predicted molar refractivity (Wildman–Crippen MR) is 110 cm³/mol. The maximum Gasteiger partial charge on any atom is 0.416 e. The first-order valence-corrected chi connectivity index (χ1v) is 10.9. The Balaban J connectivity index is 1.58. The van der Waals surface area contributed by atoms with Crippen molar-refractivity contribution in [3.05, 3.63) is 35.7 Å². The molecule has 1 aliphatic rings. The number of hydrogen-bond acceptors (Lipinski definition) is 5. The van der Waals surface area contributed by atoms with Crippen LogP contribution in [0.3, 0.4) is 0 Å². The third-order valence-corrected chi connectivity index (χ3v) is 6.38. The van der Waals surface area contributed by atoms with E-state index >= 15 is 0 Å². The quantitative estimate of drug-likeness (QED) is 0.676. The van der Waals surface area contributed by atoms with E-state index in [9.17, 15) is 18.0 Å². The lowest BCUT2D eigenvalue weighted by Crippen LogP contribution is -2.48. The lowest BCUT2D eigenvalue weighted by Gasteiger charge is -2.39. The highest BCUT2D eigenvalue weighted by Crippen LogP contribution is 2.31. The maximum atomic E-state index is 12.8. The smallest absolute Gasteiger partial charge is 0.378 e. The minimum absolute atomic E-state index is 0.0892. The Morgan fingerprint density at radius 3 is 2.60 bits per heavy atom. The fraction of sp³-hybridized carbons (Fsp3) is 0.550. The van der Waals surface area contributed by atoms with Gasteiger partial charge in [0.15, 0.2) is 11.0 Å². The molecule has 1 N–H and O–H groups in total. The first-order valence-electron chi connectivity index (χ1n) is 9.90. The van der Waals surface area contributed by atoms with Gasteiger partial charge in [-0.2, -0.15) is 13.2 Å². The van der Waals surface area contributed by atoms with Gasteiger partial charge in [0, 0.05) is 24.8 Å². The topological polar surface area (TPSA) is 63.1 Å². The molecule has 10 heteroatoms. The Labute approximate surface area is 178 Å². The summed E-state index contributed by atoms with van der Waals surface area (Å²) < 4.78 is 40.3. The third kappa shape index (κ3) is 5.27.